The Morgan fingerprint density at radius 1 is 1.30 bits per heavy atom. The Labute approximate surface area is 120 Å². The number of carbonyl (C=O) groups excluding carboxylic acids is 1. The smallest absolute Gasteiger partial charge is 0.242 e. The Morgan fingerprint density at radius 2 is 1.85 bits per heavy atom. The summed E-state index contributed by atoms with van der Waals surface area (Å²) < 4.78 is 25.4. The van der Waals surface area contributed by atoms with Crippen LogP contribution in [0.5, 0.6) is 0 Å². The molecule has 1 aromatic carbocycles. The second kappa shape index (κ2) is 5.90. The van der Waals surface area contributed by atoms with Crippen LogP contribution in [0, 0.1) is 13.8 Å². The lowest BCUT2D eigenvalue weighted by atomic mass is 10.1. The molecule has 0 aliphatic rings. The van der Waals surface area contributed by atoms with Gasteiger partial charge in [0.2, 0.25) is 15.9 Å². The van der Waals surface area contributed by atoms with E-state index in [1.165, 1.54) is 20.2 Å². The van der Waals surface area contributed by atoms with Gasteiger partial charge < -0.3 is 11.1 Å². The topological polar surface area (TPSA) is 92.5 Å². The molecule has 0 aromatic heterocycles. The van der Waals surface area contributed by atoms with E-state index in [-0.39, 0.29) is 10.8 Å². The molecule has 3 N–H and O–H groups in total. The van der Waals surface area contributed by atoms with E-state index in [0.29, 0.717) is 5.69 Å². The number of nitrogens with one attached hydrogen (secondary N) is 1. The molecule has 0 spiro atoms. The molecule has 20 heavy (non-hydrogen) atoms. The molecule has 6 nitrogen and oxygen atoms in total. The van der Waals surface area contributed by atoms with Gasteiger partial charge in [0.15, 0.2) is 0 Å². The summed E-state index contributed by atoms with van der Waals surface area (Å²) >= 11 is 0. The van der Waals surface area contributed by atoms with Gasteiger partial charge in [0.1, 0.15) is 0 Å². The first-order chi connectivity index (χ1) is 9.07. The minimum Gasteiger partial charge on any atom is -0.324 e. The number of nitrogens with zero attached hydrogens (tertiary/aromatic N) is 1. The third-order valence-electron chi connectivity index (χ3n) is 3.09. The van der Waals surface area contributed by atoms with Crippen molar-refractivity contribution in [2.75, 3.05) is 19.4 Å². The van der Waals surface area contributed by atoms with Crippen LogP contribution >= 0.6 is 0 Å². The number of hydrogen-bond acceptors (Lipinski definition) is 4. The highest BCUT2D eigenvalue weighted by Crippen LogP contribution is 2.25. The number of rotatable bonds is 4. The molecule has 1 aromatic rings. The Balaban J connectivity index is 3.34. The minimum atomic E-state index is -3.54. The van der Waals surface area contributed by atoms with Gasteiger partial charge in [0.25, 0.3) is 0 Å². The summed E-state index contributed by atoms with van der Waals surface area (Å²) in [6.45, 7) is 5.18. The number of sulfonamides is 1. The lowest BCUT2D eigenvalue weighted by molar-refractivity contribution is -0.117. The summed E-state index contributed by atoms with van der Waals surface area (Å²) in [6.07, 6.45) is 0. The van der Waals surface area contributed by atoms with Crippen molar-refractivity contribution < 1.29 is 13.2 Å². The highest BCUT2D eigenvalue weighted by molar-refractivity contribution is 7.89. The first kappa shape index (κ1) is 16.6. The van der Waals surface area contributed by atoms with Gasteiger partial charge >= 0.3 is 0 Å². The lowest BCUT2D eigenvalue weighted by Crippen LogP contribution is -2.33. The molecule has 0 saturated heterocycles. The lowest BCUT2D eigenvalue weighted by Gasteiger charge is -2.17. The number of nitrogens with two attached hydrogens (primary N) is 1. The monoisotopic (exact) mass is 299 g/mol. The van der Waals surface area contributed by atoms with Gasteiger partial charge in [-0.25, -0.2) is 12.7 Å². The molecule has 1 atom stereocenters. The molecule has 7 heteroatoms. The van der Waals surface area contributed by atoms with Crippen LogP contribution in [0.15, 0.2) is 17.0 Å². The number of hydrogen-bond donors (Lipinski definition) is 2. The van der Waals surface area contributed by atoms with Gasteiger partial charge in [-0.1, -0.05) is 0 Å². The minimum absolute atomic E-state index is 0.144. The molecule has 1 amide bonds. The SMILES string of the molecule is Cc1cc(S(=O)(=O)N(C)C)cc(NC(=O)[C@H](C)N)c1C. The second-order valence-electron chi connectivity index (χ2n) is 4.98. The average molecular weight is 299 g/mol. The van der Waals surface area contributed by atoms with Crippen molar-refractivity contribution in [2.24, 2.45) is 5.73 Å². The standard InChI is InChI=1S/C13H21N3O3S/c1-8-6-11(20(18,19)16(4)5)7-12(9(8)2)15-13(17)10(3)14/h6-7,10H,14H2,1-5H3,(H,15,17)/t10-/m0/s1. The molecule has 0 heterocycles. The van der Waals surface area contributed by atoms with Crippen molar-refractivity contribution >= 4 is 21.6 Å². The number of benzene rings is 1. The zero-order chi connectivity index (χ0) is 15.7. The predicted octanol–water partition coefficient (Wildman–Crippen LogP) is 0.839. The third-order valence-corrected chi connectivity index (χ3v) is 4.88. The molecule has 112 valence electrons. The summed E-state index contributed by atoms with van der Waals surface area (Å²) in [7, 11) is -0.618. The summed E-state index contributed by atoms with van der Waals surface area (Å²) in [5.41, 5.74) is 7.57. The fraction of sp³-hybridized carbons (Fsp3) is 0.462. The predicted molar refractivity (Wildman–Crippen MR) is 79.1 cm³/mol. The summed E-state index contributed by atoms with van der Waals surface area (Å²) in [4.78, 5) is 11.8. The largest absolute Gasteiger partial charge is 0.324 e. The number of amides is 1. The summed E-state index contributed by atoms with van der Waals surface area (Å²) in [6, 6.07) is 2.38. The Bertz CT molecular complexity index is 622. The molecule has 0 fully saturated rings. The first-order valence-electron chi connectivity index (χ1n) is 6.17. The zero-order valence-electron chi connectivity index (χ0n) is 12.4. The van der Waals surface area contributed by atoms with E-state index in [9.17, 15) is 13.2 Å². The van der Waals surface area contributed by atoms with E-state index in [2.05, 4.69) is 5.32 Å². The second-order valence-corrected chi connectivity index (χ2v) is 7.13. The fourth-order valence-corrected chi connectivity index (χ4v) is 2.58. The number of aryl methyl sites for hydroxylation is 1. The van der Waals surface area contributed by atoms with Crippen LogP contribution in [0.4, 0.5) is 5.69 Å². The van der Waals surface area contributed by atoms with Gasteiger partial charge in [-0.15, -0.1) is 0 Å². The number of anilines is 1. The van der Waals surface area contributed by atoms with Crippen LogP contribution < -0.4 is 11.1 Å². The van der Waals surface area contributed by atoms with Gasteiger partial charge in [-0.3, -0.25) is 4.79 Å². The van der Waals surface area contributed by atoms with Crippen molar-refractivity contribution in [3.63, 3.8) is 0 Å². The van der Waals surface area contributed by atoms with Crippen LogP contribution in [0.2, 0.25) is 0 Å². The highest BCUT2D eigenvalue weighted by Gasteiger charge is 2.20. The molecular formula is C13H21N3O3S. The molecular weight excluding hydrogens is 278 g/mol. The number of carbonyl (C=O) groups is 1. The molecule has 0 unspecified atom stereocenters. The first-order valence-corrected chi connectivity index (χ1v) is 7.61. The van der Waals surface area contributed by atoms with Crippen molar-refractivity contribution in [3.05, 3.63) is 23.3 Å². The summed E-state index contributed by atoms with van der Waals surface area (Å²) in [5.74, 6) is -0.355. The zero-order valence-corrected chi connectivity index (χ0v) is 13.2. The van der Waals surface area contributed by atoms with E-state index in [4.69, 9.17) is 5.73 Å². The normalized spacial score (nSPS) is 13.3. The van der Waals surface area contributed by atoms with Crippen LogP contribution in [-0.4, -0.2) is 38.8 Å². The molecule has 0 bridgehead atoms. The van der Waals surface area contributed by atoms with E-state index in [0.717, 1.165) is 15.4 Å². The van der Waals surface area contributed by atoms with Crippen molar-refractivity contribution in [1.29, 1.82) is 0 Å². The van der Waals surface area contributed by atoms with E-state index in [1.807, 2.05) is 6.92 Å². The Morgan fingerprint density at radius 3 is 2.30 bits per heavy atom. The molecule has 0 radical (unpaired) electrons. The fourth-order valence-electron chi connectivity index (χ4n) is 1.56. The van der Waals surface area contributed by atoms with Gasteiger partial charge in [-0.05, 0) is 44.0 Å². The van der Waals surface area contributed by atoms with E-state index >= 15 is 0 Å². The van der Waals surface area contributed by atoms with Crippen LogP contribution in [-0.2, 0) is 14.8 Å². The molecule has 0 aliphatic carbocycles. The van der Waals surface area contributed by atoms with Crippen molar-refractivity contribution in [2.45, 2.75) is 31.7 Å². The molecule has 1 rings (SSSR count). The van der Waals surface area contributed by atoms with Crippen LogP contribution in [0.1, 0.15) is 18.1 Å². The van der Waals surface area contributed by atoms with Gasteiger partial charge in [0, 0.05) is 19.8 Å². The highest BCUT2D eigenvalue weighted by atomic mass is 32.2. The maximum atomic E-state index is 12.2. The quantitative estimate of drug-likeness (QED) is 0.861. The summed E-state index contributed by atoms with van der Waals surface area (Å²) in [5, 5.41) is 2.65. The van der Waals surface area contributed by atoms with Crippen molar-refractivity contribution in [3.8, 4) is 0 Å². The van der Waals surface area contributed by atoms with E-state index < -0.39 is 16.1 Å². The van der Waals surface area contributed by atoms with Crippen LogP contribution in [0.3, 0.4) is 0 Å². The van der Waals surface area contributed by atoms with E-state index in [1.54, 1.807) is 19.9 Å². The Kier molecular flexibility index (Phi) is 4.90. The average Bonchev–Trinajstić information content (AvgIpc) is 2.33. The van der Waals surface area contributed by atoms with Crippen molar-refractivity contribution in [1.82, 2.24) is 4.31 Å². The van der Waals surface area contributed by atoms with Gasteiger partial charge in [0.05, 0.1) is 10.9 Å². The Hall–Kier alpha value is -1.44. The maximum Gasteiger partial charge on any atom is 0.242 e. The van der Waals surface area contributed by atoms with Gasteiger partial charge in [-0.2, -0.15) is 0 Å². The maximum absolute atomic E-state index is 12.2. The molecule has 0 saturated carbocycles. The van der Waals surface area contributed by atoms with Crippen LogP contribution in [0.25, 0.3) is 0 Å². The third kappa shape index (κ3) is 3.36. The molecule has 0 aliphatic heterocycles.